The van der Waals surface area contributed by atoms with Crippen molar-refractivity contribution in [1.82, 2.24) is 25.3 Å². The fourth-order valence-corrected chi connectivity index (χ4v) is 2.99. The molecule has 0 atom stereocenters. The van der Waals surface area contributed by atoms with Gasteiger partial charge in [-0.05, 0) is 38.6 Å². The molecule has 2 aromatic rings. The molecular formula is C22H37IN6O. The van der Waals surface area contributed by atoms with Crippen LogP contribution in [0, 0.1) is 0 Å². The standard InChI is InChI=1S/C22H36N6O.HI/c1-4-23-22(24-13-9-15-28-16-10-14-26-28)25-19-20-11-7-8-12-21(20)29-18-17-27(5-2)6-3;/h7-8,10-12,14,16H,4-6,9,13,15,17-19H2,1-3H3,(H2,23,24,25);1H. The fourth-order valence-electron chi connectivity index (χ4n) is 2.99. The molecule has 0 bridgehead atoms. The van der Waals surface area contributed by atoms with E-state index in [0.29, 0.717) is 13.2 Å². The Morgan fingerprint density at radius 2 is 1.93 bits per heavy atom. The highest BCUT2D eigenvalue weighted by Gasteiger charge is 2.05. The molecule has 0 radical (unpaired) electrons. The highest BCUT2D eigenvalue weighted by Crippen LogP contribution is 2.18. The highest BCUT2D eigenvalue weighted by atomic mass is 127. The molecule has 1 aromatic carbocycles. The number of aromatic nitrogens is 2. The van der Waals surface area contributed by atoms with Gasteiger partial charge in [-0.25, -0.2) is 4.99 Å². The predicted octanol–water partition coefficient (Wildman–Crippen LogP) is 3.37. The van der Waals surface area contributed by atoms with Crippen molar-refractivity contribution < 1.29 is 4.74 Å². The lowest BCUT2D eigenvalue weighted by Gasteiger charge is -2.19. The Balaban J connectivity index is 0.00000450. The van der Waals surface area contributed by atoms with Crippen LogP contribution in [0.4, 0.5) is 0 Å². The minimum Gasteiger partial charge on any atom is -0.492 e. The Bertz CT molecular complexity index is 703. The van der Waals surface area contributed by atoms with Gasteiger partial charge < -0.3 is 20.3 Å². The molecule has 0 aliphatic rings. The van der Waals surface area contributed by atoms with Crippen LogP contribution < -0.4 is 15.4 Å². The van der Waals surface area contributed by atoms with E-state index in [1.54, 1.807) is 6.20 Å². The van der Waals surface area contributed by atoms with Gasteiger partial charge >= 0.3 is 0 Å². The summed E-state index contributed by atoms with van der Waals surface area (Å²) < 4.78 is 7.98. The van der Waals surface area contributed by atoms with E-state index in [1.165, 1.54) is 0 Å². The molecule has 2 rings (SSSR count). The molecule has 0 spiro atoms. The van der Waals surface area contributed by atoms with Gasteiger partial charge in [-0.3, -0.25) is 4.68 Å². The van der Waals surface area contributed by atoms with Crippen LogP contribution in [0.5, 0.6) is 5.75 Å². The topological polar surface area (TPSA) is 66.7 Å². The van der Waals surface area contributed by atoms with E-state index in [9.17, 15) is 0 Å². The van der Waals surface area contributed by atoms with E-state index < -0.39 is 0 Å². The molecule has 0 fully saturated rings. The molecule has 8 heteroatoms. The van der Waals surface area contributed by atoms with Gasteiger partial charge in [0.15, 0.2) is 5.96 Å². The first-order valence-electron chi connectivity index (χ1n) is 10.7. The zero-order valence-corrected chi connectivity index (χ0v) is 20.8. The van der Waals surface area contributed by atoms with Gasteiger partial charge in [0.1, 0.15) is 12.4 Å². The van der Waals surface area contributed by atoms with Gasteiger partial charge in [0.05, 0.1) is 6.54 Å². The predicted molar refractivity (Wildman–Crippen MR) is 135 cm³/mol. The maximum absolute atomic E-state index is 6.04. The second kappa shape index (κ2) is 16.0. The molecule has 0 unspecified atom stereocenters. The van der Waals surface area contributed by atoms with Crippen LogP contribution in [0.2, 0.25) is 0 Å². The summed E-state index contributed by atoms with van der Waals surface area (Å²) >= 11 is 0. The summed E-state index contributed by atoms with van der Waals surface area (Å²) in [6, 6.07) is 10.1. The third kappa shape index (κ3) is 9.80. The zero-order chi connectivity index (χ0) is 20.7. The molecule has 168 valence electrons. The molecule has 0 aliphatic carbocycles. The summed E-state index contributed by atoms with van der Waals surface area (Å²) in [5.74, 6) is 1.74. The van der Waals surface area contributed by atoms with Gasteiger partial charge in [0, 0.05) is 44.1 Å². The molecule has 2 N–H and O–H groups in total. The van der Waals surface area contributed by atoms with Crippen LogP contribution in [0.1, 0.15) is 32.8 Å². The largest absolute Gasteiger partial charge is 0.492 e. The Hall–Kier alpha value is -1.81. The SMILES string of the molecule is CCNC(=NCc1ccccc1OCCN(CC)CC)NCCCn1cccn1.I. The number of aryl methyl sites for hydroxylation is 1. The highest BCUT2D eigenvalue weighted by molar-refractivity contribution is 14.0. The Morgan fingerprint density at radius 3 is 2.63 bits per heavy atom. The summed E-state index contributed by atoms with van der Waals surface area (Å²) in [5.41, 5.74) is 1.10. The third-order valence-corrected chi connectivity index (χ3v) is 4.70. The Morgan fingerprint density at radius 1 is 1.13 bits per heavy atom. The average molecular weight is 528 g/mol. The van der Waals surface area contributed by atoms with Crippen molar-refractivity contribution in [2.24, 2.45) is 4.99 Å². The van der Waals surface area contributed by atoms with Crippen molar-refractivity contribution >= 4 is 29.9 Å². The lowest BCUT2D eigenvalue weighted by atomic mass is 10.2. The summed E-state index contributed by atoms with van der Waals surface area (Å²) in [6.45, 7) is 13.3. The van der Waals surface area contributed by atoms with E-state index in [1.807, 2.05) is 35.1 Å². The molecule has 0 amide bonds. The summed E-state index contributed by atoms with van der Waals surface area (Å²) in [5, 5.41) is 10.9. The Kier molecular flexibility index (Phi) is 13.9. The Labute approximate surface area is 198 Å². The first-order chi connectivity index (χ1) is 14.3. The molecule has 1 aromatic heterocycles. The minimum absolute atomic E-state index is 0. The second-order valence-electron chi connectivity index (χ2n) is 6.73. The molecule has 0 saturated carbocycles. The second-order valence-corrected chi connectivity index (χ2v) is 6.73. The van der Waals surface area contributed by atoms with Crippen LogP contribution in [0.25, 0.3) is 0 Å². The number of para-hydroxylation sites is 1. The average Bonchev–Trinajstić information content (AvgIpc) is 3.27. The van der Waals surface area contributed by atoms with Crippen molar-refractivity contribution in [2.45, 2.75) is 40.3 Å². The number of halogens is 1. The molecule has 0 aliphatic heterocycles. The number of guanidine groups is 1. The first kappa shape index (κ1) is 26.2. The van der Waals surface area contributed by atoms with Crippen LogP contribution in [-0.4, -0.2) is 60.0 Å². The van der Waals surface area contributed by atoms with Gasteiger partial charge in [-0.1, -0.05) is 32.0 Å². The van der Waals surface area contributed by atoms with Crippen LogP contribution in [0.15, 0.2) is 47.7 Å². The number of likely N-dealkylation sites (N-methyl/N-ethyl adjacent to an activating group) is 1. The number of nitrogens with one attached hydrogen (secondary N) is 2. The van der Waals surface area contributed by atoms with Crippen molar-refractivity contribution in [3.63, 3.8) is 0 Å². The molecule has 0 saturated heterocycles. The van der Waals surface area contributed by atoms with E-state index in [-0.39, 0.29) is 24.0 Å². The lowest BCUT2D eigenvalue weighted by molar-refractivity contribution is 0.221. The summed E-state index contributed by atoms with van der Waals surface area (Å²) in [4.78, 5) is 7.09. The van der Waals surface area contributed by atoms with E-state index >= 15 is 0 Å². The number of ether oxygens (including phenoxy) is 1. The molecule has 1 heterocycles. The fraction of sp³-hybridized carbons (Fsp3) is 0.545. The van der Waals surface area contributed by atoms with Crippen molar-refractivity contribution in [1.29, 1.82) is 0 Å². The van der Waals surface area contributed by atoms with Gasteiger partial charge in [-0.2, -0.15) is 5.10 Å². The minimum atomic E-state index is 0. The number of hydrogen-bond donors (Lipinski definition) is 2. The normalized spacial score (nSPS) is 11.3. The first-order valence-corrected chi connectivity index (χ1v) is 10.7. The van der Waals surface area contributed by atoms with Crippen LogP contribution in [0.3, 0.4) is 0 Å². The third-order valence-electron chi connectivity index (χ3n) is 4.70. The smallest absolute Gasteiger partial charge is 0.191 e. The monoisotopic (exact) mass is 528 g/mol. The number of benzene rings is 1. The van der Waals surface area contributed by atoms with Crippen molar-refractivity contribution in [2.75, 3.05) is 39.3 Å². The number of hydrogen-bond acceptors (Lipinski definition) is 4. The summed E-state index contributed by atoms with van der Waals surface area (Å²) in [6.07, 6.45) is 4.77. The van der Waals surface area contributed by atoms with E-state index in [4.69, 9.17) is 9.73 Å². The lowest BCUT2D eigenvalue weighted by Crippen LogP contribution is -2.38. The quantitative estimate of drug-likeness (QED) is 0.181. The molecular weight excluding hydrogens is 491 g/mol. The number of aliphatic imine (C=N–C) groups is 1. The number of nitrogens with zero attached hydrogens (tertiary/aromatic N) is 4. The molecule has 7 nitrogen and oxygen atoms in total. The maximum Gasteiger partial charge on any atom is 0.191 e. The number of rotatable bonds is 13. The maximum atomic E-state index is 6.04. The summed E-state index contributed by atoms with van der Waals surface area (Å²) in [7, 11) is 0. The van der Waals surface area contributed by atoms with Crippen LogP contribution >= 0.6 is 24.0 Å². The van der Waals surface area contributed by atoms with E-state index in [0.717, 1.165) is 63.0 Å². The van der Waals surface area contributed by atoms with Gasteiger partial charge in [0.2, 0.25) is 0 Å². The van der Waals surface area contributed by atoms with E-state index in [2.05, 4.69) is 47.5 Å². The van der Waals surface area contributed by atoms with Crippen molar-refractivity contribution in [3.05, 3.63) is 48.3 Å². The molecule has 30 heavy (non-hydrogen) atoms. The van der Waals surface area contributed by atoms with Gasteiger partial charge in [0.25, 0.3) is 0 Å². The van der Waals surface area contributed by atoms with Crippen molar-refractivity contribution in [3.8, 4) is 5.75 Å². The zero-order valence-electron chi connectivity index (χ0n) is 18.5. The van der Waals surface area contributed by atoms with Gasteiger partial charge in [-0.15, -0.1) is 24.0 Å². The van der Waals surface area contributed by atoms with Crippen LogP contribution in [-0.2, 0) is 13.1 Å².